The highest BCUT2D eigenvalue weighted by molar-refractivity contribution is 8.76. The second-order valence-electron chi connectivity index (χ2n) is 8.16. The first-order valence-corrected chi connectivity index (χ1v) is 15.0. The molecule has 34 heavy (non-hydrogen) atoms. The monoisotopic (exact) mass is 519 g/mol. The molecule has 0 aromatic carbocycles. The predicted octanol–water partition coefficient (Wildman–Crippen LogP) is 6.41. The van der Waals surface area contributed by atoms with Crippen molar-refractivity contribution in [1.29, 1.82) is 0 Å². The number of ether oxygens (including phenoxy) is 3. The van der Waals surface area contributed by atoms with Crippen molar-refractivity contribution in [2.45, 2.75) is 85.0 Å². The molecule has 0 spiro atoms. The Hall–Kier alpha value is -1.35. The number of amides is 1. The van der Waals surface area contributed by atoms with Gasteiger partial charge in [0.25, 0.3) is 0 Å². The highest BCUT2D eigenvalue weighted by atomic mass is 33.1. The third-order valence-electron chi connectivity index (χ3n) is 4.77. The summed E-state index contributed by atoms with van der Waals surface area (Å²) in [5.74, 6) is 0.905. The lowest BCUT2D eigenvalue weighted by Gasteiger charge is -2.21. The van der Waals surface area contributed by atoms with Crippen LogP contribution in [0.3, 0.4) is 0 Å². The Kier molecular flexibility index (Phi) is 22.5. The third kappa shape index (κ3) is 21.2. The van der Waals surface area contributed by atoms with Crippen molar-refractivity contribution in [3.8, 4) is 0 Å². The van der Waals surface area contributed by atoms with E-state index in [4.69, 9.17) is 14.2 Å². The highest BCUT2D eigenvalue weighted by Gasteiger charge is 2.16. The van der Waals surface area contributed by atoms with Gasteiger partial charge in [0.2, 0.25) is 0 Å². The third-order valence-corrected chi connectivity index (χ3v) is 7.10. The molecule has 198 valence electrons. The van der Waals surface area contributed by atoms with E-state index in [0.29, 0.717) is 44.1 Å². The fraction of sp³-hybridized carbons (Fsp3) is 0.800. The summed E-state index contributed by atoms with van der Waals surface area (Å²) in [6.07, 6.45) is 8.58. The average molecular weight is 520 g/mol. The smallest absolute Gasteiger partial charge is 0.409 e. The molecule has 9 heteroatoms. The van der Waals surface area contributed by atoms with Gasteiger partial charge in [-0.25, -0.2) is 4.79 Å². The zero-order chi connectivity index (χ0) is 25.4. The molecule has 0 bridgehead atoms. The number of nitrogens with zero attached hydrogens (tertiary/aromatic N) is 1. The second kappa shape index (κ2) is 23.4. The van der Waals surface area contributed by atoms with E-state index >= 15 is 0 Å². The van der Waals surface area contributed by atoms with E-state index in [2.05, 4.69) is 13.5 Å². The molecule has 0 atom stereocenters. The molecule has 0 saturated carbocycles. The van der Waals surface area contributed by atoms with Crippen LogP contribution in [0.25, 0.3) is 0 Å². The number of rotatable bonds is 22. The molecule has 0 aromatic heterocycles. The minimum atomic E-state index is -0.411. The van der Waals surface area contributed by atoms with Crippen LogP contribution in [0.15, 0.2) is 12.2 Å². The SMILES string of the molecule is C=C(C)CCOC(=O)CCN(CCC)C(=O)OCCSSCCOC(=O)CCCCCCCC. The minimum Gasteiger partial charge on any atom is -0.465 e. The number of carbonyl (C=O) groups excluding carboxylic acids is 3. The van der Waals surface area contributed by atoms with Crippen LogP contribution in [0.2, 0.25) is 0 Å². The lowest BCUT2D eigenvalue weighted by Crippen LogP contribution is -2.34. The zero-order valence-corrected chi connectivity index (χ0v) is 23.1. The maximum atomic E-state index is 12.3. The van der Waals surface area contributed by atoms with Gasteiger partial charge in [0.05, 0.1) is 13.0 Å². The first-order valence-electron chi connectivity index (χ1n) is 12.5. The van der Waals surface area contributed by atoms with Gasteiger partial charge < -0.3 is 19.1 Å². The molecule has 0 saturated heterocycles. The molecule has 0 aliphatic rings. The first-order chi connectivity index (χ1) is 16.4. The van der Waals surface area contributed by atoms with Crippen LogP contribution in [0.4, 0.5) is 4.79 Å². The summed E-state index contributed by atoms with van der Waals surface area (Å²) in [6.45, 7) is 11.6. The van der Waals surface area contributed by atoms with Crippen molar-refractivity contribution in [2.75, 3.05) is 44.4 Å². The highest BCUT2D eigenvalue weighted by Crippen LogP contribution is 2.20. The summed E-state index contributed by atoms with van der Waals surface area (Å²) in [5.41, 5.74) is 0.963. The number of esters is 2. The molecular formula is C25H45NO6S2. The fourth-order valence-electron chi connectivity index (χ4n) is 2.89. The summed E-state index contributed by atoms with van der Waals surface area (Å²) in [7, 11) is 3.17. The Morgan fingerprint density at radius 3 is 1.94 bits per heavy atom. The molecule has 0 aromatic rings. The largest absolute Gasteiger partial charge is 0.465 e. The van der Waals surface area contributed by atoms with Crippen molar-refractivity contribution in [2.24, 2.45) is 0 Å². The lowest BCUT2D eigenvalue weighted by molar-refractivity contribution is -0.144. The van der Waals surface area contributed by atoms with Gasteiger partial charge >= 0.3 is 18.0 Å². The maximum absolute atomic E-state index is 12.3. The van der Waals surface area contributed by atoms with Crippen LogP contribution in [0.5, 0.6) is 0 Å². The lowest BCUT2D eigenvalue weighted by atomic mass is 10.1. The van der Waals surface area contributed by atoms with E-state index in [1.807, 2.05) is 13.8 Å². The van der Waals surface area contributed by atoms with E-state index in [-0.39, 0.29) is 31.5 Å². The van der Waals surface area contributed by atoms with E-state index in [1.165, 1.54) is 25.7 Å². The zero-order valence-electron chi connectivity index (χ0n) is 21.4. The molecule has 0 aliphatic carbocycles. The van der Waals surface area contributed by atoms with Crippen molar-refractivity contribution in [3.63, 3.8) is 0 Å². The first kappa shape index (κ1) is 32.7. The molecule has 0 N–H and O–H groups in total. The molecule has 1 amide bonds. The molecule has 0 heterocycles. The number of hydrogen-bond donors (Lipinski definition) is 0. The van der Waals surface area contributed by atoms with Gasteiger partial charge in [-0.1, -0.05) is 73.1 Å². The van der Waals surface area contributed by atoms with Crippen molar-refractivity contribution < 1.29 is 28.6 Å². The van der Waals surface area contributed by atoms with Gasteiger partial charge in [-0.05, 0) is 19.8 Å². The van der Waals surface area contributed by atoms with Crippen LogP contribution >= 0.6 is 21.6 Å². The minimum absolute atomic E-state index is 0.120. The van der Waals surface area contributed by atoms with Gasteiger partial charge in [0.15, 0.2) is 0 Å². The normalized spacial score (nSPS) is 10.6. The number of unbranched alkanes of at least 4 members (excludes halogenated alkanes) is 5. The summed E-state index contributed by atoms with van der Waals surface area (Å²) in [5, 5.41) is 0. The molecule has 0 radical (unpaired) electrons. The topological polar surface area (TPSA) is 82.1 Å². The van der Waals surface area contributed by atoms with Crippen LogP contribution in [0, 0.1) is 0 Å². The Morgan fingerprint density at radius 1 is 0.706 bits per heavy atom. The van der Waals surface area contributed by atoms with E-state index in [0.717, 1.165) is 24.8 Å². The summed E-state index contributed by atoms with van der Waals surface area (Å²) < 4.78 is 15.7. The summed E-state index contributed by atoms with van der Waals surface area (Å²) >= 11 is 0. The Labute approximate surface area is 214 Å². The fourth-order valence-corrected chi connectivity index (χ4v) is 4.54. The molecule has 0 fully saturated rings. The maximum Gasteiger partial charge on any atom is 0.409 e. The average Bonchev–Trinajstić information content (AvgIpc) is 2.80. The van der Waals surface area contributed by atoms with Gasteiger partial charge in [-0.15, -0.1) is 6.58 Å². The standard InChI is InChI=1S/C25H45NO6S2/c1-5-7-8-9-10-11-12-23(27)31-18-20-33-34-21-19-32-25(29)26(15-6-2)16-13-24(28)30-17-14-22(3)4/h3,5-21H2,1-2,4H3. The van der Waals surface area contributed by atoms with Crippen molar-refractivity contribution in [3.05, 3.63) is 12.2 Å². The molecule has 0 unspecified atom stereocenters. The molecule has 7 nitrogen and oxygen atoms in total. The van der Waals surface area contributed by atoms with Gasteiger partial charge in [-0.2, -0.15) is 0 Å². The van der Waals surface area contributed by atoms with Crippen molar-refractivity contribution in [1.82, 2.24) is 4.90 Å². The Bertz CT molecular complexity index is 574. The molecule has 0 aliphatic heterocycles. The molecule has 0 rings (SSSR count). The molecular weight excluding hydrogens is 474 g/mol. The van der Waals surface area contributed by atoms with E-state index in [9.17, 15) is 14.4 Å². The van der Waals surface area contributed by atoms with Crippen LogP contribution < -0.4 is 0 Å². The van der Waals surface area contributed by atoms with Crippen LogP contribution in [-0.2, 0) is 23.8 Å². The van der Waals surface area contributed by atoms with Crippen molar-refractivity contribution >= 4 is 39.6 Å². The van der Waals surface area contributed by atoms with Gasteiger partial charge in [-0.3, -0.25) is 9.59 Å². The second-order valence-corrected chi connectivity index (χ2v) is 10.9. The van der Waals surface area contributed by atoms with Crippen LogP contribution in [0.1, 0.15) is 85.0 Å². The quantitative estimate of drug-likeness (QED) is 0.0533. The van der Waals surface area contributed by atoms with E-state index in [1.54, 1.807) is 26.5 Å². The van der Waals surface area contributed by atoms with E-state index < -0.39 is 6.09 Å². The Morgan fingerprint density at radius 2 is 1.29 bits per heavy atom. The summed E-state index contributed by atoms with van der Waals surface area (Å²) in [4.78, 5) is 37.3. The summed E-state index contributed by atoms with van der Waals surface area (Å²) in [6, 6.07) is 0. The van der Waals surface area contributed by atoms with Crippen LogP contribution in [-0.4, -0.2) is 67.3 Å². The number of carbonyl (C=O) groups is 3. The number of hydrogen-bond acceptors (Lipinski definition) is 8. The predicted molar refractivity (Wildman–Crippen MR) is 142 cm³/mol. The van der Waals surface area contributed by atoms with Gasteiger partial charge in [0, 0.05) is 37.4 Å². The van der Waals surface area contributed by atoms with Gasteiger partial charge in [0.1, 0.15) is 13.2 Å². The Balaban J connectivity index is 3.76.